The van der Waals surface area contributed by atoms with Crippen LogP contribution >= 0.6 is 0 Å². The molecule has 0 saturated heterocycles. The largest absolute Gasteiger partial charge is 0.494 e. The van der Waals surface area contributed by atoms with Crippen molar-refractivity contribution in [2.75, 3.05) is 6.61 Å². The third-order valence-corrected chi connectivity index (χ3v) is 2.53. The average molecular weight is 228 g/mol. The lowest BCUT2D eigenvalue weighted by Gasteiger charge is -2.05. The summed E-state index contributed by atoms with van der Waals surface area (Å²) >= 11 is 0. The molecule has 17 heavy (non-hydrogen) atoms. The Hall–Kier alpha value is -2.03. The normalized spacial score (nSPS) is 14.9. The molecule has 0 saturated carbocycles. The van der Waals surface area contributed by atoms with Crippen LogP contribution in [-0.2, 0) is 0 Å². The number of allylic oxidation sites excluding steroid dienone is 2. The quantitative estimate of drug-likeness (QED) is 0.864. The molecule has 0 unspecified atom stereocenters. The van der Waals surface area contributed by atoms with Crippen molar-refractivity contribution in [2.24, 2.45) is 10.7 Å². The van der Waals surface area contributed by atoms with E-state index >= 15 is 0 Å². The Morgan fingerprint density at radius 2 is 2.06 bits per heavy atom. The summed E-state index contributed by atoms with van der Waals surface area (Å²) in [5.74, 6) is 0.885. The van der Waals surface area contributed by atoms with E-state index in [0.717, 1.165) is 29.1 Å². The van der Waals surface area contributed by atoms with Crippen LogP contribution in [0, 0.1) is 0 Å². The van der Waals surface area contributed by atoms with Crippen LogP contribution in [0.1, 0.15) is 18.9 Å². The molecule has 1 aliphatic heterocycles. The molecule has 88 valence electrons. The number of nitrogens with zero attached hydrogens (tertiary/aromatic N) is 1. The summed E-state index contributed by atoms with van der Waals surface area (Å²) in [5, 5.41) is 0. The summed E-state index contributed by atoms with van der Waals surface area (Å²) in [7, 11) is 0. The SMILES string of the molecule is CCOc1ccc(C2=NC=CC(N)=CC2)cc1. The summed E-state index contributed by atoms with van der Waals surface area (Å²) < 4.78 is 5.40. The van der Waals surface area contributed by atoms with Crippen LogP contribution in [0.5, 0.6) is 5.75 Å². The fourth-order valence-electron chi connectivity index (χ4n) is 1.65. The lowest BCUT2D eigenvalue weighted by atomic mass is 10.1. The van der Waals surface area contributed by atoms with Gasteiger partial charge < -0.3 is 10.5 Å². The maximum atomic E-state index is 5.72. The first kappa shape index (κ1) is 11.5. The Balaban J connectivity index is 2.18. The van der Waals surface area contributed by atoms with Gasteiger partial charge >= 0.3 is 0 Å². The first-order chi connectivity index (χ1) is 8.29. The van der Waals surface area contributed by atoms with E-state index in [1.54, 1.807) is 6.20 Å². The molecule has 0 radical (unpaired) electrons. The Bertz CT molecular complexity index is 467. The summed E-state index contributed by atoms with van der Waals surface area (Å²) in [5.41, 5.74) is 8.60. The minimum absolute atomic E-state index is 0.683. The van der Waals surface area contributed by atoms with Gasteiger partial charge in [0.25, 0.3) is 0 Å². The highest BCUT2D eigenvalue weighted by Crippen LogP contribution is 2.15. The molecule has 0 aliphatic carbocycles. The predicted octanol–water partition coefficient (Wildman–Crippen LogP) is 2.63. The molecule has 1 aromatic rings. The van der Waals surface area contributed by atoms with Gasteiger partial charge in [-0.25, -0.2) is 0 Å². The van der Waals surface area contributed by atoms with Crippen molar-refractivity contribution >= 4 is 5.71 Å². The monoisotopic (exact) mass is 228 g/mol. The third-order valence-electron chi connectivity index (χ3n) is 2.53. The maximum absolute atomic E-state index is 5.72. The highest BCUT2D eigenvalue weighted by Gasteiger charge is 2.04. The molecule has 1 heterocycles. The number of aliphatic imine (C=N–C) groups is 1. The second-order valence-electron chi connectivity index (χ2n) is 3.76. The number of ether oxygens (including phenoxy) is 1. The molecule has 3 nitrogen and oxygen atoms in total. The van der Waals surface area contributed by atoms with Gasteiger partial charge in [0, 0.05) is 18.3 Å². The van der Waals surface area contributed by atoms with E-state index in [-0.39, 0.29) is 0 Å². The summed E-state index contributed by atoms with van der Waals surface area (Å²) in [4.78, 5) is 4.38. The predicted molar refractivity (Wildman–Crippen MR) is 70.2 cm³/mol. The Morgan fingerprint density at radius 1 is 1.29 bits per heavy atom. The highest BCUT2D eigenvalue weighted by atomic mass is 16.5. The molecule has 2 rings (SSSR count). The van der Waals surface area contributed by atoms with E-state index in [2.05, 4.69) is 4.99 Å². The Kier molecular flexibility index (Phi) is 3.60. The molecule has 0 fully saturated rings. The van der Waals surface area contributed by atoms with Gasteiger partial charge in [0.2, 0.25) is 0 Å². The molecule has 0 atom stereocenters. The topological polar surface area (TPSA) is 47.6 Å². The van der Waals surface area contributed by atoms with Gasteiger partial charge in [-0.2, -0.15) is 0 Å². The number of nitrogens with two attached hydrogens (primary N) is 1. The van der Waals surface area contributed by atoms with E-state index in [9.17, 15) is 0 Å². The van der Waals surface area contributed by atoms with Gasteiger partial charge in [0.05, 0.1) is 12.3 Å². The fraction of sp³-hybridized carbons (Fsp3) is 0.214. The van der Waals surface area contributed by atoms with Crippen LogP contribution in [0.2, 0.25) is 0 Å². The van der Waals surface area contributed by atoms with Gasteiger partial charge in [-0.1, -0.05) is 6.08 Å². The Labute approximate surface area is 101 Å². The van der Waals surface area contributed by atoms with Crippen LogP contribution in [0.3, 0.4) is 0 Å². The molecular formula is C14H16N2O. The van der Waals surface area contributed by atoms with Crippen LogP contribution in [-0.4, -0.2) is 12.3 Å². The first-order valence-electron chi connectivity index (χ1n) is 5.71. The molecular weight excluding hydrogens is 212 g/mol. The van der Waals surface area contributed by atoms with Crippen molar-refractivity contribution < 1.29 is 4.74 Å². The lowest BCUT2D eigenvalue weighted by molar-refractivity contribution is 0.340. The zero-order valence-electron chi connectivity index (χ0n) is 9.89. The molecule has 2 N–H and O–H groups in total. The molecule has 0 aromatic heterocycles. The minimum atomic E-state index is 0.683. The second-order valence-corrected chi connectivity index (χ2v) is 3.76. The van der Waals surface area contributed by atoms with Crippen LogP contribution < -0.4 is 10.5 Å². The summed E-state index contributed by atoms with van der Waals surface area (Å²) in [6.07, 6.45) is 6.28. The van der Waals surface area contributed by atoms with Gasteiger partial charge in [-0.15, -0.1) is 0 Å². The van der Waals surface area contributed by atoms with Crippen molar-refractivity contribution in [3.05, 3.63) is 53.9 Å². The molecule has 0 spiro atoms. The van der Waals surface area contributed by atoms with Gasteiger partial charge in [0.1, 0.15) is 5.75 Å². The van der Waals surface area contributed by atoms with Crippen molar-refractivity contribution in [3.8, 4) is 5.75 Å². The first-order valence-corrected chi connectivity index (χ1v) is 5.71. The zero-order valence-corrected chi connectivity index (χ0v) is 9.89. The summed E-state index contributed by atoms with van der Waals surface area (Å²) in [6.45, 7) is 2.66. The second kappa shape index (κ2) is 5.34. The van der Waals surface area contributed by atoms with Crippen LogP contribution in [0.15, 0.2) is 53.3 Å². The van der Waals surface area contributed by atoms with Crippen LogP contribution in [0.25, 0.3) is 0 Å². The van der Waals surface area contributed by atoms with Gasteiger partial charge in [-0.3, -0.25) is 4.99 Å². The number of rotatable bonds is 3. The highest BCUT2D eigenvalue weighted by molar-refractivity contribution is 6.02. The van der Waals surface area contributed by atoms with Gasteiger partial charge in [0.15, 0.2) is 0 Å². The summed E-state index contributed by atoms with van der Waals surface area (Å²) in [6, 6.07) is 7.96. The maximum Gasteiger partial charge on any atom is 0.119 e. The number of benzene rings is 1. The zero-order chi connectivity index (χ0) is 12.1. The van der Waals surface area contributed by atoms with E-state index in [4.69, 9.17) is 10.5 Å². The van der Waals surface area contributed by atoms with E-state index in [1.807, 2.05) is 43.3 Å². The smallest absolute Gasteiger partial charge is 0.119 e. The number of hydrogen-bond acceptors (Lipinski definition) is 3. The third kappa shape index (κ3) is 2.97. The van der Waals surface area contributed by atoms with E-state index in [1.165, 1.54) is 0 Å². The Morgan fingerprint density at radius 3 is 2.76 bits per heavy atom. The minimum Gasteiger partial charge on any atom is -0.494 e. The molecule has 0 bridgehead atoms. The van der Waals surface area contributed by atoms with Crippen molar-refractivity contribution in [3.63, 3.8) is 0 Å². The molecule has 0 amide bonds. The van der Waals surface area contributed by atoms with E-state index in [0.29, 0.717) is 6.61 Å². The average Bonchev–Trinajstić information content (AvgIpc) is 2.56. The van der Waals surface area contributed by atoms with Crippen molar-refractivity contribution in [1.82, 2.24) is 0 Å². The molecule has 3 heteroatoms. The standard InChI is InChI=1S/C14H16N2O/c1-2-17-13-6-3-11(4-7-13)14-8-5-12(15)9-10-16-14/h3-7,9-10H,2,8,15H2,1H3. The van der Waals surface area contributed by atoms with Crippen molar-refractivity contribution in [1.29, 1.82) is 0 Å². The van der Waals surface area contributed by atoms with Crippen molar-refractivity contribution in [2.45, 2.75) is 13.3 Å². The fourth-order valence-corrected chi connectivity index (χ4v) is 1.65. The van der Waals surface area contributed by atoms with Gasteiger partial charge in [-0.05, 0) is 42.8 Å². The molecule has 1 aromatic carbocycles. The number of hydrogen-bond donors (Lipinski definition) is 1. The molecule has 1 aliphatic rings. The van der Waals surface area contributed by atoms with E-state index < -0.39 is 0 Å². The lowest BCUT2D eigenvalue weighted by Crippen LogP contribution is -2.00. The van der Waals surface area contributed by atoms with Crippen LogP contribution in [0.4, 0.5) is 0 Å².